The smallest absolute Gasteiger partial charge is 0.240 e. The van der Waals surface area contributed by atoms with Gasteiger partial charge in [0.1, 0.15) is 0 Å². The lowest BCUT2D eigenvalue weighted by Gasteiger charge is -2.26. The van der Waals surface area contributed by atoms with Gasteiger partial charge in [-0.25, -0.2) is 13.1 Å². The second-order valence-electron chi connectivity index (χ2n) is 5.89. The third kappa shape index (κ3) is 4.95. The number of nitrogens with one attached hydrogen (secondary N) is 1. The van der Waals surface area contributed by atoms with E-state index in [1.165, 1.54) is 0 Å². The number of aryl methyl sites for hydroxylation is 2. The number of hydrogen-bond acceptors (Lipinski definition) is 3. The van der Waals surface area contributed by atoms with Gasteiger partial charge in [0.2, 0.25) is 10.0 Å². The molecule has 0 aromatic heterocycles. The van der Waals surface area contributed by atoms with E-state index in [9.17, 15) is 8.42 Å². The zero-order chi connectivity index (χ0) is 14.8. The molecule has 0 aliphatic heterocycles. The van der Waals surface area contributed by atoms with Gasteiger partial charge in [-0.05, 0) is 62.3 Å². The molecule has 1 aliphatic rings. The van der Waals surface area contributed by atoms with Crippen molar-refractivity contribution in [3.63, 3.8) is 0 Å². The van der Waals surface area contributed by atoms with Crippen molar-refractivity contribution < 1.29 is 8.42 Å². The molecular formula is C15H25ClN2O2S. The highest BCUT2D eigenvalue weighted by Gasteiger charge is 2.22. The Kier molecular flexibility index (Phi) is 6.66. The minimum Gasteiger partial charge on any atom is -0.328 e. The van der Waals surface area contributed by atoms with Crippen LogP contribution in [0.3, 0.4) is 0 Å². The quantitative estimate of drug-likeness (QED) is 0.889. The Hall–Kier alpha value is -0.620. The molecule has 21 heavy (non-hydrogen) atoms. The molecule has 6 heteroatoms. The lowest BCUT2D eigenvalue weighted by Crippen LogP contribution is -2.35. The van der Waals surface area contributed by atoms with Crippen LogP contribution < -0.4 is 10.5 Å². The molecule has 0 radical (unpaired) electrons. The molecule has 2 unspecified atom stereocenters. The molecule has 0 bridgehead atoms. The number of hydrogen-bond donors (Lipinski definition) is 2. The van der Waals surface area contributed by atoms with Gasteiger partial charge in [0, 0.05) is 12.6 Å². The third-order valence-electron chi connectivity index (χ3n) is 4.17. The van der Waals surface area contributed by atoms with Crippen LogP contribution in [0.1, 0.15) is 36.8 Å². The van der Waals surface area contributed by atoms with E-state index in [0.29, 0.717) is 17.4 Å². The molecule has 2 atom stereocenters. The summed E-state index contributed by atoms with van der Waals surface area (Å²) in [7, 11) is -3.41. The van der Waals surface area contributed by atoms with Crippen molar-refractivity contribution in [2.24, 2.45) is 11.7 Å². The minimum absolute atomic E-state index is 0. The van der Waals surface area contributed by atoms with E-state index in [-0.39, 0.29) is 18.4 Å². The van der Waals surface area contributed by atoms with Gasteiger partial charge < -0.3 is 5.73 Å². The Morgan fingerprint density at radius 3 is 2.57 bits per heavy atom. The summed E-state index contributed by atoms with van der Waals surface area (Å²) in [4.78, 5) is 0.348. The van der Waals surface area contributed by atoms with Crippen LogP contribution in [0.5, 0.6) is 0 Å². The molecule has 1 aliphatic carbocycles. The summed E-state index contributed by atoms with van der Waals surface area (Å²) < 4.78 is 27.3. The largest absolute Gasteiger partial charge is 0.328 e. The van der Waals surface area contributed by atoms with Gasteiger partial charge in [-0.2, -0.15) is 0 Å². The van der Waals surface area contributed by atoms with Crippen LogP contribution in [0, 0.1) is 19.8 Å². The monoisotopic (exact) mass is 332 g/mol. The number of rotatable bonds is 4. The Morgan fingerprint density at radius 1 is 1.24 bits per heavy atom. The summed E-state index contributed by atoms with van der Waals surface area (Å²) in [5.74, 6) is 0.361. The fourth-order valence-corrected chi connectivity index (χ4v) is 3.91. The van der Waals surface area contributed by atoms with Gasteiger partial charge in [0.25, 0.3) is 0 Å². The predicted octanol–water partition coefficient (Wildman–Crippen LogP) is 2.52. The summed E-state index contributed by atoms with van der Waals surface area (Å²) in [6.45, 7) is 4.39. The molecule has 4 nitrogen and oxygen atoms in total. The lowest BCUT2D eigenvalue weighted by atomic mass is 9.86. The van der Waals surface area contributed by atoms with Crippen molar-refractivity contribution in [3.8, 4) is 0 Å². The van der Waals surface area contributed by atoms with Gasteiger partial charge in [-0.15, -0.1) is 12.4 Å². The van der Waals surface area contributed by atoms with Crippen molar-refractivity contribution in [2.75, 3.05) is 6.54 Å². The van der Waals surface area contributed by atoms with Crippen molar-refractivity contribution in [2.45, 2.75) is 50.5 Å². The average molecular weight is 333 g/mol. The Morgan fingerprint density at radius 2 is 1.95 bits per heavy atom. The van der Waals surface area contributed by atoms with E-state index in [0.717, 1.165) is 36.8 Å². The molecule has 1 aromatic rings. The maximum absolute atomic E-state index is 12.3. The second-order valence-corrected chi connectivity index (χ2v) is 7.66. The topological polar surface area (TPSA) is 72.2 Å². The molecule has 0 amide bonds. The van der Waals surface area contributed by atoms with Crippen LogP contribution in [0.2, 0.25) is 0 Å². The zero-order valence-electron chi connectivity index (χ0n) is 12.6. The predicted molar refractivity (Wildman–Crippen MR) is 88.3 cm³/mol. The highest BCUT2D eigenvalue weighted by Crippen LogP contribution is 2.23. The average Bonchev–Trinajstić information content (AvgIpc) is 2.40. The van der Waals surface area contributed by atoms with E-state index < -0.39 is 10.0 Å². The Balaban J connectivity index is 0.00000220. The van der Waals surface area contributed by atoms with Crippen LogP contribution >= 0.6 is 12.4 Å². The molecule has 0 saturated heterocycles. The van der Waals surface area contributed by atoms with Gasteiger partial charge >= 0.3 is 0 Å². The highest BCUT2D eigenvalue weighted by atomic mass is 35.5. The summed E-state index contributed by atoms with van der Waals surface area (Å²) in [5, 5.41) is 0. The minimum atomic E-state index is -3.41. The first kappa shape index (κ1) is 18.4. The second kappa shape index (κ2) is 7.58. The molecule has 1 fully saturated rings. The molecule has 3 N–H and O–H groups in total. The number of sulfonamides is 1. The van der Waals surface area contributed by atoms with Crippen LogP contribution in [-0.2, 0) is 10.0 Å². The first-order chi connectivity index (χ1) is 9.38. The standard InChI is InChI=1S/C15H24N2O2S.ClH/c1-11-6-7-15(8-12(11)2)20(18,19)17-10-13-4-3-5-14(16)9-13;/h6-8,13-14,17H,3-5,9-10,16H2,1-2H3;1H. The SMILES string of the molecule is Cc1ccc(S(=O)(=O)NCC2CCCC(N)C2)cc1C.Cl. The maximum atomic E-state index is 12.3. The number of halogens is 1. The van der Waals surface area contributed by atoms with Crippen LogP contribution in [0.25, 0.3) is 0 Å². The molecular weight excluding hydrogens is 308 g/mol. The summed E-state index contributed by atoms with van der Waals surface area (Å²) >= 11 is 0. The fraction of sp³-hybridized carbons (Fsp3) is 0.600. The lowest BCUT2D eigenvalue weighted by molar-refractivity contribution is 0.322. The van der Waals surface area contributed by atoms with E-state index in [1.807, 2.05) is 19.9 Å². The van der Waals surface area contributed by atoms with Gasteiger partial charge in [-0.1, -0.05) is 12.5 Å². The van der Waals surface area contributed by atoms with Crippen molar-refractivity contribution in [3.05, 3.63) is 29.3 Å². The Bertz CT molecular complexity index is 575. The normalized spacial score (nSPS) is 22.6. The van der Waals surface area contributed by atoms with Gasteiger partial charge in [0.05, 0.1) is 4.90 Å². The van der Waals surface area contributed by atoms with E-state index in [2.05, 4.69) is 4.72 Å². The van der Waals surface area contributed by atoms with Crippen molar-refractivity contribution >= 4 is 22.4 Å². The third-order valence-corrected chi connectivity index (χ3v) is 5.60. The maximum Gasteiger partial charge on any atom is 0.240 e. The molecule has 120 valence electrons. The van der Waals surface area contributed by atoms with Crippen molar-refractivity contribution in [1.82, 2.24) is 4.72 Å². The number of benzene rings is 1. The van der Waals surface area contributed by atoms with Gasteiger partial charge in [0.15, 0.2) is 0 Å². The summed E-state index contributed by atoms with van der Waals surface area (Å²) in [6, 6.07) is 5.46. The molecule has 2 rings (SSSR count). The first-order valence-corrected chi connectivity index (χ1v) is 8.69. The molecule has 0 spiro atoms. The Labute approximate surface area is 134 Å². The molecule has 1 saturated carbocycles. The number of nitrogens with two attached hydrogens (primary N) is 1. The van der Waals surface area contributed by atoms with Gasteiger partial charge in [-0.3, -0.25) is 0 Å². The summed E-state index contributed by atoms with van der Waals surface area (Å²) in [6.07, 6.45) is 4.12. The molecule has 0 heterocycles. The van der Waals surface area contributed by atoms with Crippen LogP contribution in [0.4, 0.5) is 0 Å². The van der Waals surface area contributed by atoms with Crippen molar-refractivity contribution in [1.29, 1.82) is 0 Å². The zero-order valence-corrected chi connectivity index (χ0v) is 14.3. The first-order valence-electron chi connectivity index (χ1n) is 7.21. The summed E-state index contributed by atoms with van der Waals surface area (Å²) in [5.41, 5.74) is 8.03. The van der Waals surface area contributed by atoms with E-state index in [4.69, 9.17) is 5.73 Å². The van der Waals surface area contributed by atoms with Crippen LogP contribution in [0.15, 0.2) is 23.1 Å². The van der Waals surface area contributed by atoms with E-state index >= 15 is 0 Å². The van der Waals surface area contributed by atoms with E-state index in [1.54, 1.807) is 12.1 Å². The fourth-order valence-electron chi connectivity index (χ4n) is 2.71. The molecule has 1 aromatic carbocycles. The highest BCUT2D eigenvalue weighted by molar-refractivity contribution is 7.89. The van der Waals surface area contributed by atoms with Crippen LogP contribution in [-0.4, -0.2) is 21.0 Å².